The third-order valence-electron chi connectivity index (χ3n) is 4.90. The first-order valence-corrected chi connectivity index (χ1v) is 9.03. The molecule has 0 atom stereocenters. The van der Waals surface area contributed by atoms with E-state index >= 15 is 0 Å². The van der Waals surface area contributed by atoms with Gasteiger partial charge in [0.25, 0.3) is 0 Å². The highest BCUT2D eigenvalue weighted by Gasteiger charge is 2.42. The number of hydrogen-bond donors (Lipinski definition) is 2. The average Bonchev–Trinajstić information content (AvgIpc) is 3.16. The van der Waals surface area contributed by atoms with Crippen LogP contribution in [0.5, 0.6) is 5.88 Å². The molecule has 0 unspecified atom stereocenters. The zero-order valence-corrected chi connectivity index (χ0v) is 16.3. The van der Waals surface area contributed by atoms with Gasteiger partial charge in [-0.1, -0.05) is 12.1 Å². The second-order valence-electron chi connectivity index (χ2n) is 7.35. The molecular weight excluding hydrogens is 420 g/mol. The summed E-state index contributed by atoms with van der Waals surface area (Å²) in [6.45, 7) is -0.267. The fourth-order valence-corrected chi connectivity index (χ4v) is 3.32. The van der Waals surface area contributed by atoms with Gasteiger partial charge in [-0.15, -0.1) is 0 Å². The lowest BCUT2D eigenvalue weighted by Crippen LogP contribution is -2.27. The zero-order valence-electron chi connectivity index (χ0n) is 16.3. The molecule has 2 aromatic heterocycles. The first-order chi connectivity index (χ1) is 14.6. The second kappa shape index (κ2) is 7.22. The summed E-state index contributed by atoms with van der Waals surface area (Å²) in [5.41, 5.74) is 5.33. The highest BCUT2D eigenvalue weighted by atomic mass is 19.3. The van der Waals surface area contributed by atoms with Crippen LogP contribution in [0.3, 0.4) is 0 Å². The molecule has 1 amide bonds. The maximum Gasteiger partial charge on any atom is 0.388 e. The van der Waals surface area contributed by atoms with Crippen molar-refractivity contribution in [3.63, 3.8) is 0 Å². The molecule has 12 heteroatoms. The predicted octanol–water partition coefficient (Wildman–Crippen LogP) is 3.08. The van der Waals surface area contributed by atoms with E-state index in [1.54, 1.807) is 13.8 Å². The quantitative estimate of drug-likeness (QED) is 0.596. The van der Waals surface area contributed by atoms with Crippen LogP contribution in [0, 0.1) is 11.6 Å². The first-order valence-electron chi connectivity index (χ1n) is 9.03. The SMILES string of the molecule is CC1(C)C(=O)Nc2nc(-c3cc(OC(F)F)n(Cc4cccc(F)c4F)n3)nc(N)c21. The van der Waals surface area contributed by atoms with Crippen LogP contribution in [0.15, 0.2) is 24.3 Å². The molecule has 4 rings (SSSR count). The Balaban J connectivity index is 1.77. The largest absolute Gasteiger partial charge is 0.417 e. The van der Waals surface area contributed by atoms with Gasteiger partial charge in [-0.25, -0.2) is 23.4 Å². The van der Waals surface area contributed by atoms with Crippen molar-refractivity contribution in [1.29, 1.82) is 0 Å². The summed E-state index contributed by atoms with van der Waals surface area (Å²) >= 11 is 0. The number of carbonyl (C=O) groups excluding carboxylic acids is 1. The molecule has 162 valence electrons. The number of benzene rings is 1. The van der Waals surface area contributed by atoms with Crippen LogP contribution in [0.1, 0.15) is 25.0 Å². The number of rotatable bonds is 5. The summed E-state index contributed by atoms with van der Waals surface area (Å²) in [7, 11) is 0. The smallest absolute Gasteiger partial charge is 0.388 e. The fraction of sp³-hybridized carbons (Fsp3) is 0.263. The van der Waals surface area contributed by atoms with Crippen molar-refractivity contribution < 1.29 is 27.1 Å². The van der Waals surface area contributed by atoms with E-state index in [0.29, 0.717) is 5.56 Å². The van der Waals surface area contributed by atoms with Crippen molar-refractivity contribution in [2.24, 2.45) is 0 Å². The van der Waals surface area contributed by atoms with Gasteiger partial charge in [-0.05, 0) is 19.9 Å². The molecule has 0 saturated heterocycles. The lowest BCUT2D eigenvalue weighted by molar-refractivity contribution is -0.119. The molecule has 1 aliphatic rings. The Labute approximate surface area is 173 Å². The van der Waals surface area contributed by atoms with Crippen LogP contribution in [-0.4, -0.2) is 32.3 Å². The molecule has 0 spiro atoms. The van der Waals surface area contributed by atoms with Crippen molar-refractivity contribution in [1.82, 2.24) is 19.7 Å². The number of ether oxygens (including phenoxy) is 1. The fourth-order valence-electron chi connectivity index (χ4n) is 3.32. The van der Waals surface area contributed by atoms with Gasteiger partial charge >= 0.3 is 6.61 Å². The summed E-state index contributed by atoms with van der Waals surface area (Å²) in [5, 5.41) is 6.70. The minimum Gasteiger partial charge on any atom is -0.417 e. The van der Waals surface area contributed by atoms with Gasteiger partial charge < -0.3 is 15.8 Å². The Morgan fingerprint density at radius 2 is 2.00 bits per heavy atom. The number of nitrogens with two attached hydrogens (primary N) is 1. The number of amides is 1. The number of nitrogens with one attached hydrogen (secondary N) is 1. The minimum absolute atomic E-state index is 0.0130. The van der Waals surface area contributed by atoms with E-state index in [4.69, 9.17) is 5.73 Å². The standard InChI is InChI=1S/C19H16F4N6O2/c1-19(2)12-14(24)25-15(26-16(12)27-17(19)30)10-6-11(31-18(22)23)29(28-10)7-8-4-3-5-9(20)13(8)21/h3-6,18H,7H2,1-2H3,(H3,24,25,26,27,30). The van der Waals surface area contributed by atoms with E-state index in [2.05, 4.69) is 25.1 Å². The normalized spacial score (nSPS) is 14.6. The molecule has 0 fully saturated rings. The molecule has 3 N–H and O–H groups in total. The second-order valence-corrected chi connectivity index (χ2v) is 7.35. The maximum absolute atomic E-state index is 14.0. The monoisotopic (exact) mass is 436 g/mol. The molecule has 0 bridgehead atoms. The van der Waals surface area contributed by atoms with Crippen LogP contribution in [0.4, 0.5) is 29.2 Å². The van der Waals surface area contributed by atoms with Crippen molar-refractivity contribution in [2.45, 2.75) is 32.4 Å². The summed E-state index contributed by atoms with van der Waals surface area (Å²) < 4.78 is 58.7. The molecule has 0 radical (unpaired) electrons. The van der Waals surface area contributed by atoms with Crippen LogP contribution < -0.4 is 15.8 Å². The van der Waals surface area contributed by atoms with Gasteiger partial charge in [-0.3, -0.25) is 4.79 Å². The van der Waals surface area contributed by atoms with Crippen molar-refractivity contribution in [3.8, 4) is 17.4 Å². The summed E-state index contributed by atoms with van der Waals surface area (Å²) in [6.07, 6.45) is 0. The van der Waals surface area contributed by atoms with Gasteiger partial charge in [-0.2, -0.15) is 13.9 Å². The van der Waals surface area contributed by atoms with Gasteiger partial charge in [0.15, 0.2) is 17.5 Å². The molecule has 8 nitrogen and oxygen atoms in total. The first kappa shape index (κ1) is 20.6. The van der Waals surface area contributed by atoms with E-state index in [-0.39, 0.29) is 34.6 Å². The number of anilines is 2. The topological polar surface area (TPSA) is 108 Å². The van der Waals surface area contributed by atoms with E-state index in [0.717, 1.165) is 16.8 Å². The Hall–Kier alpha value is -3.70. The van der Waals surface area contributed by atoms with E-state index in [1.165, 1.54) is 12.1 Å². The average molecular weight is 436 g/mol. The predicted molar refractivity (Wildman–Crippen MR) is 101 cm³/mol. The summed E-state index contributed by atoms with van der Waals surface area (Å²) in [4.78, 5) is 20.5. The highest BCUT2D eigenvalue weighted by Crippen LogP contribution is 2.40. The lowest BCUT2D eigenvalue weighted by Gasteiger charge is -2.15. The highest BCUT2D eigenvalue weighted by molar-refractivity contribution is 6.06. The molecule has 31 heavy (non-hydrogen) atoms. The third-order valence-corrected chi connectivity index (χ3v) is 4.90. The van der Waals surface area contributed by atoms with Gasteiger partial charge in [0.1, 0.15) is 17.3 Å². The maximum atomic E-state index is 14.0. The van der Waals surface area contributed by atoms with Crippen molar-refractivity contribution in [2.75, 3.05) is 11.1 Å². The van der Waals surface area contributed by atoms with Crippen LogP contribution >= 0.6 is 0 Å². The summed E-state index contributed by atoms with van der Waals surface area (Å²) in [5.74, 6) is -2.83. The number of nitrogens with zero attached hydrogens (tertiary/aromatic N) is 4. The van der Waals surface area contributed by atoms with Crippen molar-refractivity contribution in [3.05, 3.63) is 47.0 Å². The number of hydrogen-bond acceptors (Lipinski definition) is 6. The number of aromatic nitrogens is 4. The van der Waals surface area contributed by atoms with Crippen molar-refractivity contribution >= 4 is 17.5 Å². The molecule has 1 aliphatic heterocycles. The van der Waals surface area contributed by atoms with Crippen LogP contribution in [-0.2, 0) is 16.8 Å². The Bertz CT molecular complexity index is 1190. The van der Waals surface area contributed by atoms with Gasteiger partial charge in [0.05, 0.1) is 17.5 Å². The molecule has 1 aromatic carbocycles. The summed E-state index contributed by atoms with van der Waals surface area (Å²) in [6, 6.07) is 4.61. The Morgan fingerprint density at radius 3 is 2.71 bits per heavy atom. The van der Waals surface area contributed by atoms with Crippen LogP contribution in [0.2, 0.25) is 0 Å². The zero-order chi connectivity index (χ0) is 22.5. The number of carbonyl (C=O) groups is 1. The van der Waals surface area contributed by atoms with E-state index < -0.39 is 36.1 Å². The van der Waals surface area contributed by atoms with Gasteiger partial charge in [0.2, 0.25) is 11.8 Å². The van der Waals surface area contributed by atoms with Gasteiger partial charge in [0, 0.05) is 11.6 Å². The molecular formula is C19H16F4N6O2. The molecule has 0 saturated carbocycles. The number of alkyl halides is 2. The number of fused-ring (bicyclic) bond motifs is 1. The van der Waals surface area contributed by atoms with E-state index in [9.17, 15) is 22.4 Å². The Kier molecular flexibility index (Phi) is 4.79. The van der Waals surface area contributed by atoms with Crippen LogP contribution in [0.25, 0.3) is 11.5 Å². The Morgan fingerprint density at radius 1 is 1.26 bits per heavy atom. The van der Waals surface area contributed by atoms with E-state index in [1.807, 2.05) is 0 Å². The molecule has 3 aromatic rings. The minimum atomic E-state index is -3.19. The lowest BCUT2D eigenvalue weighted by atomic mass is 9.87. The molecule has 3 heterocycles. The number of nitrogen functional groups attached to an aromatic ring is 1. The molecule has 0 aliphatic carbocycles. The third kappa shape index (κ3) is 3.53. The number of halogens is 4.